The maximum atomic E-state index is 19.5. The number of hydrogen-bond donors (Lipinski definition) is 0. The Morgan fingerprint density at radius 2 is 0.271 bits per heavy atom. The minimum absolute atomic E-state index is 0.420. The SMILES string of the molecule is O=P(c1cccc(-c2ccccc2)c1)(c1cccc(-c2ccccc2)c1)c1cc(C2(c3cc(P(=O)(c4cccc(-c5ccccc5)c4)c4cccc(-c5ccccc5)c4)cc(P(=O)(c4cccc(-c5ccccc5)c4)c4cccc(-c5ccccc5)c4)c3)c3ccccc3-c3ccccc32)cc(P(=O)(c2cccc(-c3ccccc3)c2)c2cccc(-c3ccccc3)c2)c1. The Balaban J connectivity index is 0.957. The van der Waals surface area contributed by atoms with E-state index in [9.17, 15) is 0 Å². The molecule has 0 amide bonds. The van der Waals surface area contributed by atoms with Crippen LogP contribution in [-0.2, 0) is 23.7 Å². The van der Waals surface area contributed by atoms with E-state index in [1.807, 2.05) is 255 Å². The average molecular weight is 1730 g/mol. The molecule has 129 heavy (non-hydrogen) atoms. The molecule has 4 nitrogen and oxygen atoms in total. The molecule has 0 atom stereocenters. The summed E-state index contributed by atoms with van der Waals surface area (Å²) in [5.74, 6) is 0. The van der Waals surface area contributed by atoms with E-state index in [2.05, 4.69) is 267 Å². The summed E-state index contributed by atoms with van der Waals surface area (Å²) in [7, 11) is -17.5. The Kier molecular flexibility index (Phi) is 21.8. The van der Waals surface area contributed by atoms with Gasteiger partial charge in [-0.25, -0.2) is 0 Å². The standard InChI is InChI=1S/C121H86O4P4/c122-126(105-61-29-53-95(73-105)87-37-9-1-10-38-87,106-62-30-54-96(74-106)88-39-11-2-12-40-88)113-81-103(82-114(85-113)127(123,107-63-31-55-97(75-107)89-41-13-3-14-42-89)108-64-32-56-98(76-108)90-43-15-4-16-44-90)121(119-71-27-25-69-117(119)118-70-26-28-72-120(118)121)104-83-115(128(124,109-65-33-57-99(77-109)91-45-17-5-18-46-91)110-66-34-58-100(78-110)92-47-19-6-20-48-92)86-116(84-104)129(125,111-67-35-59-101(79-111)93-49-21-7-22-50-93)112-68-36-60-102(80-112)94-51-23-8-24-52-94/h1-86H. The number of benzene rings is 20. The summed E-state index contributed by atoms with van der Waals surface area (Å²) in [4.78, 5) is 0. The molecule has 0 heterocycles. The third kappa shape index (κ3) is 14.9. The molecule has 20 aromatic rings. The molecule has 0 N–H and O–H groups in total. The molecule has 8 heteroatoms. The van der Waals surface area contributed by atoms with E-state index >= 15 is 18.3 Å². The Bertz CT molecular complexity index is 6580. The van der Waals surface area contributed by atoms with E-state index in [-0.39, 0.29) is 0 Å². The van der Waals surface area contributed by atoms with E-state index in [4.69, 9.17) is 0 Å². The Morgan fingerprint density at radius 3 is 0.442 bits per heavy atom. The van der Waals surface area contributed by atoms with Crippen molar-refractivity contribution in [3.8, 4) is 100 Å². The van der Waals surface area contributed by atoms with Gasteiger partial charge in [0, 0.05) is 63.7 Å². The molecule has 0 aliphatic heterocycles. The van der Waals surface area contributed by atoms with E-state index < -0.39 is 34.0 Å². The summed E-state index contributed by atoms with van der Waals surface area (Å²) in [6.45, 7) is 0. The summed E-state index contributed by atoms with van der Waals surface area (Å²) < 4.78 is 77.9. The highest BCUT2D eigenvalue weighted by Crippen LogP contribution is 2.60. The Hall–Kier alpha value is -14.7. The van der Waals surface area contributed by atoms with Gasteiger partial charge in [-0.05, 0) is 207 Å². The van der Waals surface area contributed by atoms with Gasteiger partial charge in [-0.1, -0.05) is 437 Å². The van der Waals surface area contributed by atoms with Crippen LogP contribution in [0.25, 0.3) is 100 Å². The maximum Gasteiger partial charge on any atom is 0.171 e. The number of hydrogen-bond acceptors (Lipinski definition) is 4. The third-order valence-electron chi connectivity index (χ3n) is 25.6. The first-order valence-corrected chi connectivity index (χ1v) is 50.5. The van der Waals surface area contributed by atoms with Crippen molar-refractivity contribution in [3.63, 3.8) is 0 Å². The average Bonchev–Trinajstić information content (AvgIpc) is 1.55. The van der Waals surface area contributed by atoms with Crippen molar-refractivity contribution < 1.29 is 18.3 Å². The highest BCUT2D eigenvalue weighted by molar-refractivity contribution is 7.87. The third-order valence-corrected chi connectivity index (χ3v) is 37.6. The second-order valence-electron chi connectivity index (χ2n) is 33.1. The van der Waals surface area contributed by atoms with Crippen molar-refractivity contribution in [2.45, 2.75) is 5.41 Å². The van der Waals surface area contributed by atoms with Crippen molar-refractivity contribution >= 4 is 92.2 Å². The van der Waals surface area contributed by atoms with E-state index in [0.717, 1.165) is 111 Å². The Morgan fingerprint density at radius 1 is 0.124 bits per heavy atom. The summed E-state index contributed by atoms with van der Waals surface area (Å²) >= 11 is 0. The minimum atomic E-state index is -4.39. The van der Waals surface area contributed by atoms with Gasteiger partial charge in [-0.15, -0.1) is 0 Å². The van der Waals surface area contributed by atoms with E-state index in [1.54, 1.807) is 0 Å². The second kappa shape index (κ2) is 34.6. The largest absolute Gasteiger partial charge is 0.309 e. The van der Waals surface area contributed by atoms with E-state index in [1.165, 1.54) is 0 Å². The van der Waals surface area contributed by atoms with Gasteiger partial charge in [-0.2, -0.15) is 0 Å². The number of rotatable bonds is 22. The topological polar surface area (TPSA) is 68.3 Å². The molecular formula is C121H86O4P4. The van der Waals surface area contributed by atoms with Gasteiger partial charge in [0.25, 0.3) is 0 Å². The molecule has 0 saturated heterocycles. The van der Waals surface area contributed by atoms with Crippen LogP contribution >= 0.6 is 28.6 Å². The predicted molar refractivity (Wildman–Crippen MR) is 545 cm³/mol. The lowest BCUT2D eigenvalue weighted by Gasteiger charge is -2.37. The van der Waals surface area contributed by atoms with Crippen LogP contribution in [0.1, 0.15) is 22.3 Å². The molecule has 1 aliphatic rings. The first-order chi connectivity index (χ1) is 63.4. The first kappa shape index (κ1) is 81.4. The zero-order valence-corrected chi connectivity index (χ0v) is 74.2. The fourth-order valence-electron chi connectivity index (χ4n) is 19.3. The van der Waals surface area contributed by atoms with Gasteiger partial charge >= 0.3 is 0 Å². The summed E-state index contributed by atoms with van der Waals surface area (Å²) in [5.41, 5.74) is 17.6. The lowest BCUT2D eigenvalue weighted by Crippen LogP contribution is -2.38. The quantitative estimate of drug-likeness (QED) is 0.0634. The van der Waals surface area contributed by atoms with Crippen LogP contribution in [0.2, 0.25) is 0 Å². The normalized spacial score (nSPS) is 12.4. The Labute approximate surface area is 754 Å². The van der Waals surface area contributed by atoms with Gasteiger partial charge in [0.1, 0.15) is 0 Å². The van der Waals surface area contributed by atoms with Crippen LogP contribution in [0.3, 0.4) is 0 Å². The van der Waals surface area contributed by atoms with Crippen LogP contribution in [0.4, 0.5) is 0 Å². The fraction of sp³-hybridized carbons (Fsp3) is 0.00826. The van der Waals surface area contributed by atoms with Crippen molar-refractivity contribution in [3.05, 3.63) is 544 Å². The first-order valence-electron chi connectivity index (χ1n) is 43.6. The molecule has 20 aromatic carbocycles. The second-order valence-corrected chi connectivity index (χ2v) is 44.2. The van der Waals surface area contributed by atoms with Crippen LogP contribution in [0.5, 0.6) is 0 Å². The van der Waals surface area contributed by atoms with Gasteiger partial charge in [0.05, 0.1) is 5.41 Å². The molecule has 0 saturated carbocycles. The molecule has 21 rings (SSSR count). The zero-order valence-electron chi connectivity index (χ0n) is 70.6. The molecule has 0 unspecified atom stereocenters. The van der Waals surface area contributed by atoms with Crippen molar-refractivity contribution in [1.29, 1.82) is 0 Å². The number of fused-ring (bicyclic) bond motifs is 3. The lowest BCUT2D eigenvalue weighted by molar-refractivity contribution is 0.591. The van der Waals surface area contributed by atoms with Gasteiger partial charge < -0.3 is 18.3 Å². The van der Waals surface area contributed by atoms with Gasteiger partial charge in [-0.3, -0.25) is 0 Å². The summed E-state index contributed by atoms with van der Waals surface area (Å²) in [5, 5.41) is 6.14. The highest BCUT2D eigenvalue weighted by Gasteiger charge is 2.50. The minimum Gasteiger partial charge on any atom is -0.309 e. The molecule has 0 radical (unpaired) electrons. The van der Waals surface area contributed by atoms with Crippen LogP contribution in [0, 0.1) is 0 Å². The van der Waals surface area contributed by atoms with Crippen molar-refractivity contribution in [2.75, 3.05) is 0 Å². The smallest absolute Gasteiger partial charge is 0.171 e. The molecule has 0 bridgehead atoms. The van der Waals surface area contributed by atoms with Crippen LogP contribution in [-0.4, -0.2) is 0 Å². The summed E-state index contributed by atoms with van der Waals surface area (Å²) in [6, 6.07) is 177. The maximum absolute atomic E-state index is 19.5. The monoisotopic (exact) mass is 1730 g/mol. The molecule has 1 aliphatic carbocycles. The zero-order chi connectivity index (χ0) is 86.9. The van der Waals surface area contributed by atoms with Crippen molar-refractivity contribution in [1.82, 2.24) is 0 Å². The summed E-state index contributed by atoms with van der Waals surface area (Å²) in [6.07, 6.45) is 0. The van der Waals surface area contributed by atoms with Crippen LogP contribution in [0.15, 0.2) is 522 Å². The molecular weight excluding hydrogens is 1640 g/mol. The van der Waals surface area contributed by atoms with Gasteiger partial charge in [0.2, 0.25) is 0 Å². The van der Waals surface area contributed by atoms with Crippen molar-refractivity contribution in [2.24, 2.45) is 0 Å². The van der Waals surface area contributed by atoms with Gasteiger partial charge in [0.15, 0.2) is 28.6 Å². The molecule has 614 valence electrons. The fourth-order valence-corrected chi connectivity index (χ4v) is 30.5. The predicted octanol–water partition coefficient (Wildman–Crippen LogP) is 25.9. The molecule has 0 spiro atoms. The lowest BCUT2D eigenvalue weighted by atomic mass is 9.67. The van der Waals surface area contributed by atoms with Crippen LogP contribution < -0.4 is 63.7 Å². The molecule has 0 fully saturated rings. The molecule has 0 aromatic heterocycles. The highest BCUT2D eigenvalue weighted by atomic mass is 31.2. The van der Waals surface area contributed by atoms with E-state index in [0.29, 0.717) is 74.8 Å².